The molecule has 0 saturated heterocycles. The summed E-state index contributed by atoms with van der Waals surface area (Å²) >= 11 is 0. The van der Waals surface area contributed by atoms with Crippen molar-refractivity contribution in [2.45, 2.75) is 26.4 Å². The highest BCUT2D eigenvalue weighted by atomic mass is 16.6. The number of hydrogen-bond acceptors (Lipinski definition) is 3. The highest BCUT2D eigenvalue weighted by molar-refractivity contribution is 5.96. The SMILES string of the molecule is CC(C)(C)OC(=O)n1c(-c2cccc(N)c2)cc2ccccc21. The first-order valence-electron chi connectivity index (χ1n) is 7.55. The van der Waals surface area contributed by atoms with E-state index in [1.165, 1.54) is 0 Å². The van der Waals surface area contributed by atoms with Crippen LogP contribution in [0.3, 0.4) is 0 Å². The number of fused-ring (bicyclic) bond motifs is 1. The summed E-state index contributed by atoms with van der Waals surface area (Å²) in [5.41, 5.74) is 8.46. The molecule has 0 aliphatic heterocycles. The van der Waals surface area contributed by atoms with E-state index in [2.05, 4.69) is 0 Å². The summed E-state index contributed by atoms with van der Waals surface area (Å²) in [6, 6.07) is 17.2. The van der Waals surface area contributed by atoms with Gasteiger partial charge in [-0.15, -0.1) is 0 Å². The van der Waals surface area contributed by atoms with Crippen molar-refractivity contribution in [3.8, 4) is 11.3 Å². The van der Waals surface area contributed by atoms with Gasteiger partial charge in [-0.2, -0.15) is 0 Å². The molecular weight excluding hydrogens is 288 g/mol. The Labute approximate surface area is 135 Å². The number of ether oxygens (including phenoxy) is 1. The fraction of sp³-hybridized carbons (Fsp3) is 0.211. The molecule has 0 aliphatic carbocycles. The van der Waals surface area contributed by atoms with Crippen molar-refractivity contribution >= 4 is 22.7 Å². The molecule has 3 aromatic rings. The molecule has 0 spiro atoms. The Hall–Kier alpha value is -2.75. The summed E-state index contributed by atoms with van der Waals surface area (Å²) in [5.74, 6) is 0. The topological polar surface area (TPSA) is 57.2 Å². The second-order valence-corrected chi connectivity index (χ2v) is 6.53. The van der Waals surface area contributed by atoms with Crippen molar-refractivity contribution in [2.75, 3.05) is 5.73 Å². The highest BCUT2D eigenvalue weighted by Crippen LogP contribution is 2.30. The van der Waals surface area contributed by atoms with Gasteiger partial charge in [0.25, 0.3) is 0 Å². The van der Waals surface area contributed by atoms with Gasteiger partial charge in [0.05, 0.1) is 11.2 Å². The van der Waals surface area contributed by atoms with E-state index in [-0.39, 0.29) is 0 Å². The molecule has 0 aliphatic rings. The third kappa shape index (κ3) is 3.06. The van der Waals surface area contributed by atoms with Crippen LogP contribution in [-0.4, -0.2) is 16.3 Å². The van der Waals surface area contributed by atoms with E-state index in [1.54, 1.807) is 4.57 Å². The molecule has 2 N–H and O–H groups in total. The molecule has 0 saturated carbocycles. The van der Waals surface area contributed by atoms with Crippen molar-refractivity contribution < 1.29 is 9.53 Å². The summed E-state index contributed by atoms with van der Waals surface area (Å²) < 4.78 is 7.18. The van der Waals surface area contributed by atoms with Crippen molar-refractivity contribution in [2.24, 2.45) is 0 Å². The van der Waals surface area contributed by atoms with E-state index in [0.29, 0.717) is 5.69 Å². The Morgan fingerprint density at radius 3 is 2.48 bits per heavy atom. The fourth-order valence-corrected chi connectivity index (χ4v) is 2.57. The lowest BCUT2D eigenvalue weighted by atomic mass is 10.1. The van der Waals surface area contributed by atoms with Crippen LogP contribution >= 0.6 is 0 Å². The molecule has 0 bridgehead atoms. The number of nitrogens with two attached hydrogens (primary N) is 1. The van der Waals surface area contributed by atoms with Crippen LogP contribution in [0.1, 0.15) is 20.8 Å². The average Bonchev–Trinajstić information content (AvgIpc) is 2.85. The van der Waals surface area contributed by atoms with E-state index in [0.717, 1.165) is 22.2 Å². The second kappa shape index (κ2) is 5.47. The quantitative estimate of drug-likeness (QED) is 0.664. The summed E-state index contributed by atoms with van der Waals surface area (Å²) in [4.78, 5) is 12.7. The molecule has 1 heterocycles. The predicted molar refractivity (Wildman–Crippen MR) is 93.4 cm³/mol. The third-order valence-electron chi connectivity index (χ3n) is 3.47. The summed E-state index contributed by atoms with van der Waals surface area (Å²) in [6.45, 7) is 5.57. The Balaban J connectivity index is 2.21. The number of anilines is 1. The highest BCUT2D eigenvalue weighted by Gasteiger charge is 2.22. The zero-order valence-electron chi connectivity index (χ0n) is 13.5. The van der Waals surface area contributed by atoms with Crippen LogP contribution in [0.15, 0.2) is 54.6 Å². The fourth-order valence-electron chi connectivity index (χ4n) is 2.57. The van der Waals surface area contributed by atoms with Crippen molar-refractivity contribution in [3.05, 3.63) is 54.6 Å². The number of nitrogen functional groups attached to an aromatic ring is 1. The van der Waals surface area contributed by atoms with Gasteiger partial charge in [-0.05, 0) is 45.0 Å². The lowest BCUT2D eigenvalue weighted by Crippen LogP contribution is -2.27. The molecule has 4 nitrogen and oxygen atoms in total. The minimum absolute atomic E-state index is 0.392. The van der Waals surface area contributed by atoms with Gasteiger partial charge >= 0.3 is 6.09 Å². The first kappa shape index (κ1) is 15.2. The second-order valence-electron chi connectivity index (χ2n) is 6.53. The first-order valence-corrected chi connectivity index (χ1v) is 7.55. The monoisotopic (exact) mass is 308 g/mol. The number of para-hydroxylation sites is 1. The maximum atomic E-state index is 12.7. The maximum Gasteiger partial charge on any atom is 0.419 e. The van der Waals surface area contributed by atoms with Gasteiger partial charge in [-0.1, -0.05) is 30.3 Å². The first-order chi connectivity index (χ1) is 10.8. The number of carbonyl (C=O) groups excluding carboxylic acids is 1. The van der Waals surface area contributed by atoms with Gasteiger partial charge in [0.2, 0.25) is 0 Å². The maximum absolute atomic E-state index is 12.7. The molecule has 4 heteroatoms. The number of nitrogens with zero attached hydrogens (tertiary/aromatic N) is 1. The normalized spacial score (nSPS) is 11.6. The van der Waals surface area contributed by atoms with Gasteiger partial charge in [0, 0.05) is 16.6 Å². The van der Waals surface area contributed by atoms with E-state index in [1.807, 2.05) is 75.4 Å². The van der Waals surface area contributed by atoms with Crippen molar-refractivity contribution in [3.63, 3.8) is 0 Å². The van der Waals surface area contributed by atoms with Crippen LogP contribution in [0.25, 0.3) is 22.2 Å². The van der Waals surface area contributed by atoms with E-state index >= 15 is 0 Å². The van der Waals surface area contributed by atoms with Gasteiger partial charge in [-0.3, -0.25) is 0 Å². The van der Waals surface area contributed by atoms with Crippen LogP contribution in [0.4, 0.5) is 10.5 Å². The zero-order chi connectivity index (χ0) is 16.6. The smallest absolute Gasteiger partial charge is 0.419 e. The van der Waals surface area contributed by atoms with E-state index in [9.17, 15) is 4.79 Å². The standard InChI is InChI=1S/C19H20N2O2/c1-19(2,3)23-18(22)21-16-10-5-4-7-14(16)12-17(21)13-8-6-9-15(20)11-13/h4-12H,20H2,1-3H3. The lowest BCUT2D eigenvalue weighted by molar-refractivity contribution is 0.0547. The number of hydrogen-bond donors (Lipinski definition) is 1. The number of carbonyl (C=O) groups is 1. The van der Waals surface area contributed by atoms with Crippen LogP contribution < -0.4 is 5.73 Å². The molecule has 2 aromatic carbocycles. The summed E-state index contributed by atoms with van der Waals surface area (Å²) in [7, 11) is 0. The molecule has 0 fully saturated rings. The minimum Gasteiger partial charge on any atom is -0.443 e. The Morgan fingerprint density at radius 1 is 1.04 bits per heavy atom. The largest absolute Gasteiger partial charge is 0.443 e. The Kier molecular flexibility index (Phi) is 3.60. The van der Waals surface area contributed by atoms with Crippen molar-refractivity contribution in [1.29, 1.82) is 0 Å². The predicted octanol–water partition coefficient (Wildman–Crippen LogP) is 4.67. The molecule has 0 atom stereocenters. The van der Waals surface area contributed by atoms with Gasteiger partial charge in [0.15, 0.2) is 0 Å². The molecule has 3 rings (SSSR count). The van der Waals surface area contributed by atoms with Crippen LogP contribution in [0.2, 0.25) is 0 Å². The molecule has 1 aromatic heterocycles. The lowest BCUT2D eigenvalue weighted by Gasteiger charge is -2.21. The minimum atomic E-state index is -0.560. The van der Waals surface area contributed by atoms with Gasteiger partial charge in [0.1, 0.15) is 5.60 Å². The van der Waals surface area contributed by atoms with Gasteiger partial charge < -0.3 is 10.5 Å². The van der Waals surface area contributed by atoms with Crippen LogP contribution in [-0.2, 0) is 4.74 Å². The molecule has 0 unspecified atom stereocenters. The Morgan fingerprint density at radius 2 is 1.78 bits per heavy atom. The van der Waals surface area contributed by atoms with Crippen LogP contribution in [0.5, 0.6) is 0 Å². The average molecular weight is 308 g/mol. The zero-order valence-corrected chi connectivity index (χ0v) is 13.5. The summed E-state index contributed by atoms with van der Waals surface area (Å²) in [5, 5.41) is 0.982. The molecular formula is C19H20N2O2. The summed E-state index contributed by atoms with van der Waals surface area (Å²) in [6.07, 6.45) is -0.392. The molecule has 118 valence electrons. The van der Waals surface area contributed by atoms with E-state index in [4.69, 9.17) is 10.5 Å². The molecule has 0 amide bonds. The van der Waals surface area contributed by atoms with Gasteiger partial charge in [-0.25, -0.2) is 9.36 Å². The van der Waals surface area contributed by atoms with Crippen LogP contribution in [0, 0.1) is 0 Å². The van der Waals surface area contributed by atoms with E-state index < -0.39 is 11.7 Å². The molecule has 0 radical (unpaired) electrons. The third-order valence-corrected chi connectivity index (χ3v) is 3.47. The Bertz CT molecular complexity index is 872. The number of aromatic nitrogens is 1. The molecule has 23 heavy (non-hydrogen) atoms. The van der Waals surface area contributed by atoms with Crippen molar-refractivity contribution in [1.82, 2.24) is 4.57 Å². The number of rotatable bonds is 1. The number of benzene rings is 2.